The summed E-state index contributed by atoms with van der Waals surface area (Å²) in [5.74, 6) is -4.27. The van der Waals surface area contributed by atoms with Gasteiger partial charge in [-0.15, -0.1) is 0 Å². The number of amides is 1. The van der Waals surface area contributed by atoms with Crippen molar-refractivity contribution in [3.63, 3.8) is 0 Å². The minimum atomic E-state index is -2.74. The van der Waals surface area contributed by atoms with Crippen LogP contribution < -0.4 is 5.32 Å². The van der Waals surface area contributed by atoms with Gasteiger partial charge in [0.1, 0.15) is 5.03 Å². The number of aromatic nitrogens is 1. The van der Waals surface area contributed by atoms with Gasteiger partial charge in [0, 0.05) is 23.9 Å². The molecule has 0 bridgehead atoms. The van der Waals surface area contributed by atoms with E-state index in [9.17, 15) is 23.2 Å². The van der Waals surface area contributed by atoms with E-state index in [0.717, 1.165) is 0 Å². The van der Waals surface area contributed by atoms with Crippen LogP contribution in [0.2, 0.25) is 0 Å². The second kappa shape index (κ2) is 9.77. The van der Waals surface area contributed by atoms with Gasteiger partial charge < -0.3 is 10.1 Å². The molecule has 142 valence electrons. The molecular weight excluding hydrogens is 378 g/mol. The number of hydrogen-bond acceptors (Lipinski definition) is 6. The van der Waals surface area contributed by atoms with Crippen LogP contribution in [0, 0.1) is 0 Å². The number of thioether (sulfide) groups is 1. The van der Waals surface area contributed by atoms with Crippen molar-refractivity contribution in [2.75, 3.05) is 11.9 Å². The van der Waals surface area contributed by atoms with Crippen molar-refractivity contribution in [3.05, 3.63) is 53.7 Å². The van der Waals surface area contributed by atoms with Gasteiger partial charge >= 0.3 is 5.97 Å². The number of hydrogen-bond donors (Lipinski definition) is 1. The Morgan fingerprint density at radius 3 is 2.52 bits per heavy atom. The molecule has 0 aliphatic heterocycles. The fraction of sp³-hybridized carbons (Fsp3) is 0.222. The van der Waals surface area contributed by atoms with E-state index in [-0.39, 0.29) is 33.8 Å². The van der Waals surface area contributed by atoms with E-state index in [0.29, 0.717) is 12.1 Å². The number of carbonyl (C=O) groups excluding carboxylic acids is 3. The standard InChI is InChI=1S/C18H16F2N2O4S/c1-2-15(24)22-12-7-5-11(6-8-12)14(23)10-26-17(25)13-4-3-9-21-16(13)27-18(19)20/h3-9,18H,2,10H2,1H3,(H,22,24). The number of ether oxygens (including phenoxy) is 1. The van der Waals surface area contributed by atoms with Gasteiger partial charge in [-0.3, -0.25) is 9.59 Å². The maximum absolute atomic E-state index is 12.5. The monoisotopic (exact) mass is 394 g/mol. The van der Waals surface area contributed by atoms with Crippen molar-refractivity contribution in [1.29, 1.82) is 0 Å². The van der Waals surface area contributed by atoms with Crippen LogP contribution in [0.25, 0.3) is 0 Å². The highest BCUT2D eigenvalue weighted by Crippen LogP contribution is 2.26. The molecule has 1 aromatic heterocycles. The third-order valence-electron chi connectivity index (χ3n) is 3.34. The predicted molar refractivity (Wildman–Crippen MR) is 96.1 cm³/mol. The normalized spacial score (nSPS) is 10.5. The van der Waals surface area contributed by atoms with Gasteiger partial charge in [0.2, 0.25) is 5.91 Å². The first-order valence-electron chi connectivity index (χ1n) is 7.90. The van der Waals surface area contributed by atoms with E-state index >= 15 is 0 Å². The van der Waals surface area contributed by atoms with Crippen molar-refractivity contribution in [1.82, 2.24) is 4.98 Å². The smallest absolute Gasteiger partial charge is 0.341 e. The number of pyridine rings is 1. The van der Waals surface area contributed by atoms with Crippen LogP contribution in [0.4, 0.5) is 14.5 Å². The van der Waals surface area contributed by atoms with E-state index < -0.39 is 24.1 Å². The van der Waals surface area contributed by atoms with Crippen molar-refractivity contribution < 1.29 is 27.9 Å². The number of nitrogens with one attached hydrogen (secondary N) is 1. The van der Waals surface area contributed by atoms with Crippen molar-refractivity contribution in [2.24, 2.45) is 0 Å². The third kappa shape index (κ3) is 6.14. The van der Waals surface area contributed by atoms with Crippen LogP contribution in [-0.4, -0.2) is 35.0 Å². The number of esters is 1. The first-order valence-corrected chi connectivity index (χ1v) is 8.78. The molecule has 2 aromatic rings. The van der Waals surface area contributed by atoms with Gasteiger partial charge in [-0.1, -0.05) is 6.92 Å². The molecule has 0 aliphatic carbocycles. The number of ketones is 1. The highest BCUT2D eigenvalue weighted by atomic mass is 32.2. The number of carbonyl (C=O) groups is 3. The zero-order chi connectivity index (χ0) is 19.8. The van der Waals surface area contributed by atoms with Crippen LogP contribution in [0.15, 0.2) is 47.6 Å². The number of rotatable bonds is 8. The SMILES string of the molecule is CCC(=O)Nc1ccc(C(=O)COC(=O)c2cccnc2SC(F)F)cc1. The van der Waals surface area contributed by atoms with Gasteiger partial charge in [0.25, 0.3) is 5.76 Å². The molecule has 0 unspecified atom stereocenters. The fourth-order valence-electron chi connectivity index (χ4n) is 2.01. The van der Waals surface area contributed by atoms with Gasteiger partial charge in [-0.25, -0.2) is 9.78 Å². The maximum atomic E-state index is 12.5. The second-order valence-electron chi connectivity index (χ2n) is 5.21. The van der Waals surface area contributed by atoms with E-state index in [1.165, 1.54) is 30.5 Å². The lowest BCUT2D eigenvalue weighted by molar-refractivity contribution is -0.115. The Morgan fingerprint density at radius 1 is 1.19 bits per heavy atom. The molecule has 0 saturated heterocycles. The summed E-state index contributed by atoms with van der Waals surface area (Å²) in [5.41, 5.74) is 0.693. The van der Waals surface area contributed by atoms with Gasteiger partial charge in [0.05, 0.1) is 5.56 Å². The Balaban J connectivity index is 1.97. The van der Waals surface area contributed by atoms with Gasteiger partial charge in [-0.2, -0.15) is 8.78 Å². The van der Waals surface area contributed by atoms with Crippen LogP contribution in [0.3, 0.4) is 0 Å². The Morgan fingerprint density at radius 2 is 1.89 bits per heavy atom. The number of halogens is 2. The Labute approximate surface area is 158 Å². The molecular formula is C18H16F2N2O4S. The van der Waals surface area contributed by atoms with Crippen molar-refractivity contribution in [2.45, 2.75) is 24.1 Å². The summed E-state index contributed by atoms with van der Waals surface area (Å²) in [6, 6.07) is 8.81. The molecule has 6 nitrogen and oxygen atoms in total. The van der Waals surface area contributed by atoms with Crippen molar-refractivity contribution >= 4 is 35.1 Å². The molecule has 1 amide bonds. The number of Topliss-reactive ketones (excluding diaryl/α,β-unsaturated/α-hetero) is 1. The van der Waals surface area contributed by atoms with Crippen LogP contribution >= 0.6 is 11.8 Å². The minimum Gasteiger partial charge on any atom is -0.454 e. The second-order valence-corrected chi connectivity index (χ2v) is 6.19. The topological polar surface area (TPSA) is 85.4 Å². The molecule has 1 heterocycles. The highest BCUT2D eigenvalue weighted by molar-refractivity contribution is 7.99. The highest BCUT2D eigenvalue weighted by Gasteiger charge is 2.19. The summed E-state index contributed by atoms with van der Waals surface area (Å²) in [6.07, 6.45) is 1.61. The summed E-state index contributed by atoms with van der Waals surface area (Å²) < 4.78 is 30.0. The first-order chi connectivity index (χ1) is 12.9. The summed E-state index contributed by atoms with van der Waals surface area (Å²) >= 11 is 0.128. The number of benzene rings is 1. The average Bonchev–Trinajstić information content (AvgIpc) is 2.66. The molecule has 27 heavy (non-hydrogen) atoms. The van der Waals surface area contributed by atoms with E-state index in [1.807, 2.05) is 0 Å². The van der Waals surface area contributed by atoms with Crippen LogP contribution in [0.1, 0.15) is 34.1 Å². The van der Waals surface area contributed by atoms with Gasteiger partial charge in [0.15, 0.2) is 12.4 Å². The van der Waals surface area contributed by atoms with E-state index in [1.54, 1.807) is 19.1 Å². The molecule has 0 atom stereocenters. The first kappa shape index (κ1) is 20.5. The molecule has 1 N–H and O–H groups in total. The van der Waals surface area contributed by atoms with Crippen molar-refractivity contribution in [3.8, 4) is 0 Å². The molecule has 0 radical (unpaired) electrons. The summed E-state index contributed by atoms with van der Waals surface area (Å²) in [7, 11) is 0. The largest absolute Gasteiger partial charge is 0.454 e. The molecule has 9 heteroatoms. The number of nitrogens with zero attached hydrogens (tertiary/aromatic N) is 1. The Hall–Kier alpha value is -2.81. The quantitative estimate of drug-likeness (QED) is 0.417. The minimum absolute atomic E-state index is 0.128. The van der Waals surface area contributed by atoms with E-state index in [2.05, 4.69) is 10.3 Å². The zero-order valence-corrected chi connectivity index (χ0v) is 15.1. The Kier molecular flexibility index (Phi) is 7.42. The number of anilines is 1. The number of alkyl halides is 2. The van der Waals surface area contributed by atoms with Crippen LogP contribution in [-0.2, 0) is 9.53 Å². The van der Waals surface area contributed by atoms with Gasteiger partial charge in [-0.05, 0) is 48.2 Å². The molecule has 0 fully saturated rings. The maximum Gasteiger partial charge on any atom is 0.341 e. The summed E-state index contributed by atoms with van der Waals surface area (Å²) in [6.45, 7) is 1.17. The third-order valence-corrected chi connectivity index (χ3v) is 4.06. The molecule has 1 aromatic carbocycles. The summed E-state index contributed by atoms with van der Waals surface area (Å²) in [5, 5.41) is 2.48. The molecule has 0 saturated carbocycles. The predicted octanol–water partition coefficient (Wildman–Crippen LogP) is 3.78. The fourth-order valence-corrected chi connectivity index (χ4v) is 2.57. The summed E-state index contributed by atoms with van der Waals surface area (Å²) in [4.78, 5) is 39.2. The lowest BCUT2D eigenvalue weighted by atomic mass is 10.1. The average molecular weight is 394 g/mol. The zero-order valence-electron chi connectivity index (χ0n) is 14.3. The molecule has 0 aliphatic rings. The molecule has 0 spiro atoms. The van der Waals surface area contributed by atoms with Crippen LogP contribution in [0.5, 0.6) is 0 Å². The van der Waals surface area contributed by atoms with E-state index in [4.69, 9.17) is 4.74 Å². The molecule has 2 rings (SSSR count). The Bertz CT molecular complexity index is 828. The lowest BCUT2D eigenvalue weighted by Crippen LogP contribution is -2.15. The lowest BCUT2D eigenvalue weighted by Gasteiger charge is -2.08.